The Bertz CT molecular complexity index is 567. The van der Waals surface area contributed by atoms with Crippen molar-refractivity contribution in [2.24, 2.45) is 5.92 Å². The minimum absolute atomic E-state index is 0.549. The third kappa shape index (κ3) is 4.78. The van der Waals surface area contributed by atoms with Crippen LogP contribution in [0.2, 0.25) is 0 Å². The zero-order valence-corrected chi connectivity index (χ0v) is 12.8. The summed E-state index contributed by atoms with van der Waals surface area (Å²) in [5.74, 6) is 2.72. The Balaban J connectivity index is 1.42. The van der Waals surface area contributed by atoms with Crippen LogP contribution in [0.15, 0.2) is 54.6 Å². The standard InChI is InChI=1S/C19H23NO2/c1-2-7-18(8-3-1)21-12-13-22-19-9-5-4-6-17(19)15-20-14-16-10-11-16/h1-9,16,20H,10-15H2. The minimum atomic E-state index is 0.549. The van der Waals surface area contributed by atoms with Crippen LogP contribution in [0.3, 0.4) is 0 Å². The van der Waals surface area contributed by atoms with Gasteiger partial charge in [-0.05, 0) is 43.5 Å². The van der Waals surface area contributed by atoms with Crippen molar-refractivity contribution in [1.82, 2.24) is 5.32 Å². The summed E-state index contributed by atoms with van der Waals surface area (Å²) < 4.78 is 11.5. The molecule has 2 aromatic rings. The van der Waals surface area contributed by atoms with Gasteiger partial charge in [0.1, 0.15) is 24.7 Å². The molecule has 22 heavy (non-hydrogen) atoms. The van der Waals surface area contributed by atoms with E-state index in [1.54, 1.807) is 0 Å². The second-order valence-corrected chi connectivity index (χ2v) is 5.69. The van der Waals surface area contributed by atoms with E-state index in [-0.39, 0.29) is 0 Å². The molecule has 1 aliphatic carbocycles. The van der Waals surface area contributed by atoms with Gasteiger partial charge < -0.3 is 14.8 Å². The van der Waals surface area contributed by atoms with Crippen molar-refractivity contribution in [3.8, 4) is 11.5 Å². The summed E-state index contributed by atoms with van der Waals surface area (Å²) in [7, 11) is 0. The zero-order valence-electron chi connectivity index (χ0n) is 12.8. The summed E-state index contributed by atoms with van der Waals surface area (Å²) in [5.41, 5.74) is 1.21. The molecule has 3 heteroatoms. The molecule has 116 valence electrons. The highest BCUT2D eigenvalue weighted by molar-refractivity contribution is 5.33. The van der Waals surface area contributed by atoms with Gasteiger partial charge >= 0.3 is 0 Å². The molecule has 1 fully saturated rings. The topological polar surface area (TPSA) is 30.5 Å². The lowest BCUT2D eigenvalue weighted by Gasteiger charge is -2.12. The second-order valence-electron chi connectivity index (χ2n) is 5.69. The number of hydrogen-bond acceptors (Lipinski definition) is 3. The monoisotopic (exact) mass is 297 g/mol. The molecular formula is C19H23NO2. The lowest BCUT2D eigenvalue weighted by atomic mass is 10.2. The van der Waals surface area contributed by atoms with Crippen LogP contribution < -0.4 is 14.8 Å². The number of rotatable bonds is 9. The molecule has 3 nitrogen and oxygen atoms in total. The molecule has 0 aromatic heterocycles. The van der Waals surface area contributed by atoms with Gasteiger partial charge in [0, 0.05) is 12.1 Å². The summed E-state index contributed by atoms with van der Waals surface area (Å²) in [6, 6.07) is 18.0. The highest BCUT2D eigenvalue weighted by Crippen LogP contribution is 2.28. The first kappa shape index (κ1) is 14.9. The Morgan fingerprint density at radius 3 is 2.41 bits per heavy atom. The van der Waals surface area contributed by atoms with E-state index >= 15 is 0 Å². The van der Waals surface area contributed by atoms with E-state index in [0.29, 0.717) is 13.2 Å². The van der Waals surface area contributed by atoms with Crippen molar-refractivity contribution in [2.45, 2.75) is 19.4 Å². The Hall–Kier alpha value is -2.00. The fourth-order valence-corrected chi connectivity index (χ4v) is 2.35. The zero-order chi connectivity index (χ0) is 15.0. The Morgan fingerprint density at radius 1 is 0.864 bits per heavy atom. The van der Waals surface area contributed by atoms with Gasteiger partial charge in [0.05, 0.1) is 0 Å². The largest absolute Gasteiger partial charge is 0.490 e. The Kier molecular flexibility index (Phi) is 5.32. The summed E-state index contributed by atoms with van der Waals surface area (Å²) in [6.45, 7) is 3.08. The van der Waals surface area contributed by atoms with Crippen LogP contribution in [0.1, 0.15) is 18.4 Å². The summed E-state index contributed by atoms with van der Waals surface area (Å²) >= 11 is 0. The molecule has 0 unspecified atom stereocenters. The maximum atomic E-state index is 5.87. The average molecular weight is 297 g/mol. The van der Waals surface area contributed by atoms with Crippen LogP contribution in [0.5, 0.6) is 11.5 Å². The van der Waals surface area contributed by atoms with Gasteiger partial charge in [0.2, 0.25) is 0 Å². The molecule has 0 amide bonds. The van der Waals surface area contributed by atoms with Gasteiger partial charge in [-0.15, -0.1) is 0 Å². The van der Waals surface area contributed by atoms with Crippen molar-refractivity contribution in [3.63, 3.8) is 0 Å². The molecule has 0 spiro atoms. The van der Waals surface area contributed by atoms with Gasteiger partial charge in [0.15, 0.2) is 0 Å². The first-order chi connectivity index (χ1) is 10.9. The van der Waals surface area contributed by atoms with E-state index < -0.39 is 0 Å². The summed E-state index contributed by atoms with van der Waals surface area (Å²) in [6.07, 6.45) is 2.75. The second kappa shape index (κ2) is 7.85. The van der Waals surface area contributed by atoms with E-state index in [1.807, 2.05) is 42.5 Å². The minimum Gasteiger partial charge on any atom is -0.490 e. The van der Waals surface area contributed by atoms with Gasteiger partial charge in [-0.25, -0.2) is 0 Å². The normalized spacial score (nSPS) is 13.8. The number of benzene rings is 2. The van der Waals surface area contributed by atoms with Gasteiger partial charge in [-0.3, -0.25) is 0 Å². The highest BCUT2D eigenvalue weighted by Gasteiger charge is 2.20. The van der Waals surface area contributed by atoms with Crippen LogP contribution >= 0.6 is 0 Å². The van der Waals surface area contributed by atoms with Crippen LogP contribution in [-0.4, -0.2) is 19.8 Å². The molecule has 0 atom stereocenters. The van der Waals surface area contributed by atoms with Crippen LogP contribution in [0.4, 0.5) is 0 Å². The molecule has 0 saturated heterocycles. The Morgan fingerprint density at radius 2 is 1.59 bits per heavy atom. The predicted molar refractivity (Wildman–Crippen MR) is 88.3 cm³/mol. The Labute approximate surface area is 132 Å². The molecular weight excluding hydrogens is 274 g/mol. The van der Waals surface area contributed by atoms with Gasteiger partial charge in [-0.1, -0.05) is 36.4 Å². The maximum absolute atomic E-state index is 5.87. The first-order valence-electron chi connectivity index (χ1n) is 8.01. The number of ether oxygens (including phenoxy) is 2. The maximum Gasteiger partial charge on any atom is 0.123 e. The average Bonchev–Trinajstić information content (AvgIpc) is 3.38. The molecule has 0 heterocycles. The van der Waals surface area contributed by atoms with Crippen LogP contribution in [0.25, 0.3) is 0 Å². The molecule has 1 N–H and O–H groups in total. The summed E-state index contributed by atoms with van der Waals surface area (Å²) in [4.78, 5) is 0. The van der Waals surface area contributed by atoms with E-state index in [0.717, 1.165) is 30.5 Å². The van der Waals surface area contributed by atoms with Crippen molar-refractivity contribution in [3.05, 3.63) is 60.2 Å². The molecule has 3 rings (SSSR count). The summed E-state index contributed by atoms with van der Waals surface area (Å²) in [5, 5.41) is 3.51. The third-order valence-corrected chi connectivity index (χ3v) is 3.77. The van der Waals surface area contributed by atoms with E-state index in [2.05, 4.69) is 17.4 Å². The number of para-hydroxylation sites is 2. The van der Waals surface area contributed by atoms with Crippen molar-refractivity contribution >= 4 is 0 Å². The molecule has 0 bridgehead atoms. The van der Waals surface area contributed by atoms with E-state index in [4.69, 9.17) is 9.47 Å². The lowest BCUT2D eigenvalue weighted by molar-refractivity contribution is 0.215. The van der Waals surface area contributed by atoms with Crippen molar-refractivity contribution < 1.29 is 9.47 Å². The fraction of sp³-hybridized carbons (Fsp3) is 0.368. The first-order valence-corrected chi connectivity index (χ1v) is 8.01. The highest BCUT2D eigenvalue weighted by atomic mass is 16.5. The molecule has 1 saturated carbocycles. The SMILES string of the molecule is c1ccc(OCCOc2ccccc2CNCC2CC2)cc1. The molecule has 0 aliphatic heterocycles. The van der Waals surface area contributed by atoms with E-state index in [9.17, 15) is 0 Å². The third-order valence-electron chi connectivity index (χ3n) is 3.77. The van der Waals surface area contributed by atoms with Gasteiger partial charge in [-0.2, -0.15) is 0 Å². The fourth-order valence-electron chi connectivity index (χ4n) is 2.35. The van der Waals surface area contributed by atoms with Crippen molar-refractivity contribution in [1.29, 1.82) is 0 Å². The predicted octanol–water partition coefficient (Wildman–Crippen LogP) is 3.64. The molecule has 1 aliphatic rings. The van der Waals surface area contributed by atoms with Gasteiger partial charge in [0.25, 0.3) is 0 Å². The number of nitrogens with one attached hydrogen (secondary N) is 1. The van der Waals surface area contributed by atoms with Crippen LogP contribution in [0, 0.1) is 5.92 Å². The van der Waals surface area contributed by atoms with Crippen molar-refractivity contribution in [2.75, 3.05) is 19.8 Å². The quantitative estimate of drug-likeness (QED) is 0.717. The lowest BCUT2D eigenvalue weighted by Crippen LogP contribution is -2.17. The van der Waals surface area contributed by atoms with E-state index in [1.165, 1.54) is 18.4 Å². The smallest absolute Gasteiger partial charge is 0.123 e. The molecule has 0 radical (unpaired) electrons. The van der Waals surface area contributed by atoms with Crippen LogP contribution in [-0.2, 0) is 6.54 Å². The molecule has 2 aromatic carbocycles. The number of hydrogen-bond donors (Lipinski definition) is 1.